The van der Waals surface area contributed by atoms with Crippen molar-refractivity contribution in [1.29, 1.82) is 0 Å². The van der Waals surface area contributed by atoms with Gasteiger partial charge in [0, 0.05) is 58.6 Å². The largest absolute Gasteiger partial charge is 0.392 e. The number of fused-ring (bicyclic) bond motifs is 3. The highest BCUT2D eigenvalue weighted by atomic mass is 32.1. The summed E-state index contributed by atoms with van der Waals surface area (Å²) in [6.45, 7) is 2.35. The molecule has 4 aromatic rings. The second-order valence-corrected chi connectivity index (χ2v) is 13.4. The first kappa shape index (κ1) is 28.3. The summed E-state index contributed by atoms with van der Waals surface area (Å²) in [5.74, 6) is 0.208. The predicted octanol–water partition coefficient (Wildman–Crippen LogP) is 6.09. The van der Waals surface area contributed by atoms with E-state index in [0.29, 0.717) is 39.9 Å². The first-order valence-corrected chi connectivity index (χ1v) is 16.2. The number of hydrogen-bond donors (Lipinski definition) is 2. The minimum atomic E-state index is -0.365. The number of pyridine rings is 2. The van der Waals surface area contributed by atoms with E-state index in [9.17, 15) is 9.90 Å². The molecule has 7 rings (SSSR count). The van der Waals surface area contributed by atoms with Crippen molar-refractivity contribution in [3.05, 3.63) is 90.9 Å². The molecule has 1 aliphatic carbocycles. The normalized spacial score (nSPS) is 18.5. The maximum absolute atomic E-state index is 15.3. The Kier molecular flexibility index (Phi) is 7.57. The average Bonchev–Trinajstić information content (AvgIpc) is 3.62. The monoisotopic (exact) mass is 599 g/mol. The SMILES string of the molecule is CN1CCC[C@@H]1c1ccc(Nc2cc(-c3cc(F)cc(N4CCc5c(sc6c5CCCC6)C4)c3CO)cn(C)c2=O)nc1. The Labute approximate surface area is 255 Å². The molecule has 224 valence electrons. The molecule has 0 saturated carbocycles. The Morgan fingerprint density at radius 2 is 1.88 bits per heavy atom. The second kappa shape index (κ2) is 11.5. The molecule has 3 aliphatic rings. The Balaban J connectivity index is 1.20. The summed E-state index contributed by atoms with van der Waals surface area (Å²) in [6.07, 6.45) is 11.7. The minimum absolute atomic E-state index is 0.211. The Morgan fingerprint density at radius 3 is 2.65 bits per heavy atom. The van der Waals surface area contributed by atoms with Gasteiger partial charge in [0.05, 0.1) is 13.2 Å². The van der Waals surface area contributed by atoms with Crippen LogP contribution in [0.2, 0.25) is 0 Å². The van der Waals surface area contributed by atoms with Gasteiger partial charge < -0.3 is 19.9 Å². The van der Waals surface area contributed by atoms with Gasteiger partial charge in [0.25, 0.3) is 5.56 Å². The van der Waals surface area contributed by atoms with Crippen molar-refractivity contribution in [2.45, 2.75) is 64.1 Å². The van der Waals surface area contributed by atoms with Crippen molar-refractivity contribution in [3.8, 4) is 11.1 Å². The van der Waals surface area contributed by atoms with Crippen LogP contribution in [0.1, 0.15) is 63.7 Å². The third kappa shape index (κ3) is 5.28. The molecule has 2 aliphatic heterocycles. The van der Waals surface area contributed by atoms with Crippen molar-refractivity contribution in [2.24, 2.45) is 7.05 Å². The van der Waals surface area contributed by atoms with Crippen molar-refractivity contribution < 1.29 is 9.50 Å². The fourth-order valence-electron chi connectivity index (χ4n) is 7.23. The molecule has 0 spiro atoms. The van der Waals surface area contributed by atoms with Gasteiger partial charge in [-0.3, -0.25) is 9.69 Å². The Bertz CT molecular complexity index is 1730. The number of rotatable bonds is 6. The highest BCUT2D eigenvalue weighted by Gasteiger charge is 2.28. The molecule has 0 radical (unpaired) electrons. The van der Waals surface area contributed by atoms with Crippen LogP contribution in [0.25, 0.3) is 11.1 Å². The van der Waals surface area contributed by atoms with Crippen LogP contribution in [0.5, 0.6) is 0 Å². The maximum Gasteiger partial charge on any atom is 0.274 e. The molecule has 0 bridgehead atoms. The lowest BCUT2D eigenvalue weighted by Crippen LogP contribution is -2.31. The lowest BCUT2D eigenvalue weighted by atomic mass is 9.91. The summed E-state index contributed by atoms with van der Waals surface area (Å²) in [5, 5.41) is 13.8. The van der Waals surface area contributed by atoms with E-state index >= 15 is 4.39 Å². The number of halogens is 1. The van der Waals surface area contributed by atoms with Crippen LogP contribution in [0.4, 0.5) is 21.6 Å². The molecule has 9 heteroatoms. The predicted molar refractivity (Wildman–Crippen MR) is 171 cm³/mol. The fraction of sp³-hybridized carbons (Fsp3) is 0.412. The average molecular weight is 600 g/mol. The third-order valence-corrected chi connectivity index (χ3v) is 10.8. The van der Waals surface area contributed by atoms with Gasteiger partial charge in [-0.1, -0.05) is 6.07 Å². The fourth-order valence-corrected chi connectivity index (χ4v) is 8.69. The number of thiophene rings is 1. The minimum Gasteiger partial charge on any atom is -0.392 e. The van der Waals surface area contributed by atoms with E-state index in [4.69, 9.17) is 0 Å². The highest BCUT2D eigenvalue weighted by Crippen LogP contribution is 2.41. The number of aliphatic hydroxyl groups excluding tert-OH is 1. The molecule has 1 atom stereocenters. The summed E-state index contributed by atoms with van der Waals surface area (Å²) < 4.78 is 16.8. The molecule has 0 unspecified atom stereocenters. The van der Waals surface area contributed by atoms with Crippen LogP contribution >= 0.6 is 11.3 Å². The van der Waals surface area contributed by atoms with E-state index in [-0.39, 0.29) is 18.0 Å². The lowest BCUT2D eigenvalue weighted by Gasteiger charge is -2.32. The summed E-state index contributed by atoms with van der Waals surface area (Å²) in [7, 11) is 3.82. The van der Waals surface area contributed by atoms with Crippen LogP contribution < -0.4 is 15.8 Å². The van der Waals surface area contributed by atoms with Gasteiger partial charge in [-0.15, -0.1) is 11.3 Å². The number of aryl methyl sites for hydroxylation is 2. The molecule has 43 heavy (non-hydrogen) atoms. The molecule has 2 N–H and O–H groups in total. The highest BCUT2D eigenvalue weighted by molar-refractivity contribution is 7.12. The van der Waals surface area contributed by atoms with Crippen LogP contribution in [0.3, 0.4) is 0 Å². The summed E-state index contributed by atoms with van der Waals surface area (Å²) >= 11 is 1.92. The molecule has 1 fully saturated rings. The molecule has 0 amide bonds. The lowest BCUT2D eigenvalue weighted by molar-refractivity contribution is 0.282. The topological polar surface area (TPSA) is 73.6 Å². The van der Waals surface area contributed by atoms with Crippen molar-refractivity contribution in [2.75, 3.05) is 30.4 Å². The van der Waals surface area contributed by atoms with E-state index in [1.165, 1.54) is 63.6 Å². The Hall–Kier alpha value is -3.53. The zero-order valence-electron chi connectivity index (χ0n) is 24.8. The van der Waals surface area contributed by atoms with E-state index in [2.05, 4.69) is 33.2 Å². The zero-order chi connectivity index (χ0) is 29.7. The van der Waals surface area contributed by atoms with E-state index < -0.39 is 0 Å². The number of aliphatic hydroxyl groups is 1. The van der Waals surface area contributed by atoms with Gasteiger partial charge in [-0.05, 0) is 105 Å². The van der Waals surface area contributed by atoms with Gasteiger partial charge >= 0.3 is 0 Å². The van der Waals surface area contributed by atoms with Gasteiger partial charge in [0.1, 0.15) is 17.3 Å². The first-order chi connectivity index (χ1) is 20.9. The van der Waals surface area contributed by atoms with Crippen molar-refractivity contribution >= 4 is 28.5 Å². The molecule has 1 aromatic carbocycles. The molecule has 1 saturated heterocycles. The number of likely N-dealkylation sites (tertiary alicyclic amines) is 1. The number of hydrogen-bond acceptors (Lipinski definition) is 7. The van der Waals surface area contributed by atoms with Gasteiger partial charge in [-0.25, -0.2) is 9.37 Å². The number of nitrogens with zero attached hydrogens (tertiary/aromatic N) is 4. The third-order valence-electron chi connectivity index (χ3n) is 9.47. The van der Waals surface area contributed by atoms with Gasteiger partial charge in [0.2, 0.25) is 0 Å². The molecule has 3 aromatic heterocycles. The first-order valence-electron chi connectivity index (χ1n) is 15.3. The molecule has 7 nitrogen and oxygen atoms in total. The van der Waals surface area contributed by atoms with Gasteiger partial charge in [-0.2, -0.15) is 0 Å². The standard InChI is InChI=1S/C34H38FN5O2S/c1-38-12-5-7-29(38)21-9-10-33(36-17-21)37-28-14-22(18-39(2)34(28)42)26-15-23(35)16-30(27(26)20-41)40-13-11-25-24-6-3-4-8-31(24)43-32(25)19-40/h9-10,14-18,29,41H,3-8,11-13,19-20H2,1-2H3,(H,36,37)/t29-/m1/s1. The number of anilines is 3. The molecular formula is C34H38FN5O2S. The van der Waals surface area contributed by atoms with Crippen LogP contribution in [0.15, 0.2) is 47.5 Å². The summed E-state index contributed by atoms with van der Waals surface area (Å²) in [5.41, 5.74) is 6.99. The van der Waals surface area contributed by atoms with Crippen LogP contribution in [-0.4, -0.2) is 39.7 Å². The van der Waals surface area contributed by atoms with Crippen molar-refractivity contribution in [1.82, 2.24) is 14.5 Å². The maximum atomic E-state index is 15.3. The van der Waals surface area contributed by atoms with E-state index in [0.717, 1.165) is 32.5 Å². The van der Waals surface area contributed by atoms with E-state index in [1.54, 1.807) is 30.9 Å². The second-order valence-electron chi connectivity index (χ2n) is 12.2. The number of benzene rings is 1. The zero-order valence-corrected chi connectivity index (χ0v) is 25.6. The number of aromatic nitrogens is 2. The van der Waals surface area contributed by atoms with Crippen LogP contribution in [0, 0.1) is 5.82 Å². The van der Waals surface area contributed by atoms with Crippen molar-refractivity contribution in [3.63, 3.8) is 0 Å². The number of nitrogens with one attached hydrogen (secondary N) is 1. The molecule has 5 heterocycles. The van der Waals surface area contributed by atoms with Gasteiger partial charge in [0.15, 0.2) is 0 Å². The van der Waals surface area contributed by atoms with Crippen LogP contribution in [-0.2, 0) is 39.5 Å². The van der Waals surface area contributed by atoms with E-state index in [1.807, 2.05) is 23.6 Å². The quantitative estimate of drug-likeness (QED) is 0.279. The Morgan fingerprint density at radius 1 is 1.05 bits per heavy atom. The smallest absolute Gasteiger partial charge is 0.274 e. The summed E-state index contributed by atoms with van der Waals surface area (Å²) in [4.78, 5) is 25.2. The summed E-state index contributed by atoms with van der Waals surface area (Å²) in [6, 6.07) is 9.08. The molecular weight excluding hydrogens is 561 g/mol.